The number of nitrogen functional groups attached to an aromatic ring is 1. The minimum atomic E-state index is 0.193. The van der Waals surface area contributed by atoms with Gasteiger partial charge in [0.15, 0.2) is 0 Å². The molecule has 1 aromatic heterocycles. The topological polar surface area (TPSA) is 76.3 Å². The largest absolute Gasteiger partial charge is 0.497 e. The quantitative estimate of drug-likeness (QED) is 0.795. The van der Waals surface area contributed by atoms with Crippen LogP contribution in [0.4, 0.5) is 11.8 Å². The second-order valence-corrected chi connectivity index (χ2v) is 5.72. The minimum Gasteiger partial charge on any atom is -0.497 e. The lowest BCUT2D eigenvalue weighted by molar-refractivity contribution is 0.271. The van der Waals surface area contributed by atoms with Gasteiger partial charge < -0.3 is 15.8 Å². The van der Waals surface area contributed by atoms with Crippen LogP contribution in [-0.4, -0.2) is 41.2 Å². The Kier molecular flexibility index (Phi) is 4.96. The highest BCUT2D eigenvalue weighted by Crippen LogP contribution is 2.30. The van der Waals surface area contributed by atoms with Gasteiger partial charge in [0.05, 0.1) is 13.3 Å². The van der Waals surface area contributed by atoms with Gasteiger partial charge >= 0.3 is 0 Å². The first-order chi connectivity index (χ1) is 11.7. The maximum absolute atomic E-state index is 5.82. The number of nitrogens with zero attached hydrogens (tertiary/aromatic N) is 3. The van der Waals surface area contributed by atoms with E-state index < -0.39 is 0 Å². The van der Waals surface area contributed by atoms with Crippen molar-refractivity contribution in [2.45, 2.75) is 19.5 Å². The van der Waals surface area contributed by atoms with Crippen molar-refractivity contribution in [1.82, 2.24) is 14.9 Å². The van der Waals surface area contributed by atoms with Crippen molar-refractivity contribution >= 4 is 11.8 Å². The molecule has 0 radical (unpaired) electrons. The van der Waals surface area contributed by atoms with Crippen LogP contribution in [0.5, 0.6) is 5.75 Å². The third-order valence-corrected chi connectivity index (χ3v) is 4.17. The summed E-state index contributed by atoms with van der Waals surface area (Å²) >= 11 is 0. The number of benzene rings is 1. The van der Waals surface area contributed by atoms with Crippen molar-refractivity contribution in [1.29, 1.82) is 0 Å². The van der Waals surface area contributed by atoms with Gasteiger partial charge in [-0.2, -0.15) is 4.98 Å². The van der Waals surface area contributed by atoms with E-state index in [4.69, 9.17) is 10.5 Å². The van der Waals surface area contributed by atoms with Gasteiger partial charge in [-0.25, -0.2) is 4.98 Å². The molecule has 24 heavy (non-hydrogen) atoms. The molecule has 3 N–H and O–H groups in total. The standard InChI is InChI=1S/C18H23N5O/c1-3-16(23-9-4-5-10-23)21-17-15(12-20-18(19)22-17)13-7-6-8-14(11-13)24-2/h4-8,11-12,16H,3,9-10H2,1-2H3,(H3,19,20,21,22). The number of hydrogen-bond donors (Lipinski definition) is 2. The van der Waals surface area contributed by atoms with E-state index in [1.807, 2.05) is 24.3 Å². The van der Waals surface area contributed by atoms with Gasteiger partial charge in [-0.15, -0.1) is 0 Å². The van der Waals surface area contributed by atoms with Crippen LogP contribution < -0.4 is 15.8 Å². The third-order valence-electron chi connectivity index (χ3n) is 4.17. The molecule has 1 atom stereocenters. The Balaban J connectivity index is 1.92. The van der Waals surface area contributed by atoms with E-state index in [0.29, 0.717) is 0 Å². The van der Waals surface area contributed by atoms with Gasteiger partial charge in [0.25, 0.3) is 0 Å². The molecule has 1 unspecified atom stereocenters. The summed E-state index contributed by atoms with van der Waals surface area (Å²) in [5.41, 5.74) is 7.72. The molecule has 6 nitrogen and oxygen atoms in total. The lowest BCUT2D eigenvalue weighted by Gasteiger charge is -2.28. The molecule has 0 saturated heterocycles. The first kappa shape index (κ1) is 16.3. The normalized spacial score (nSPS) is 15.4. The average molecular weight is 325 g/mol. The molecule has 0 fully saturated rings. The van der Waals surface area contributed by atoms with Crippen LogP contribution in [0.25, 0.3) is 11.1 Å². The number of hydrogen-bond acceptors (Lipinski definition) is 6. The summed E-state index contributed by atoms with van der Waals surface area (Å²) in [6.45, 7) is 4.05. The van der Waals surface area contributed by atoms with Crippen LogP contribution in [0.15, 0.2) is 42.6 Å². The van der Waals surface area contributed by atoms with Crippen LogP contribution in [-0.2, 0) is 0 Å². The van der Waals surface area contributed by atoms with Crippen molar-refractivity contribution in [3.63, 3.8) is 0 Å². The number of rotatable bonds is 6. The van der Waals surface area contributed by atoms with Crippen molar-refractivity contribution in [2.75, 3.05) is 31.2 Å². The molecule has 0 spiro atoms. The monoisotopic (exact) mass is 325 g/mol. The van der Waals surface area contributed by atoms with Gasteiger partial charge in [-0.1, -0.05) is 31.2 Å². The highest BCUT2D eigenvalue weighted by Gasteiger charge is 2.20. The Hall–Kier alpha value is -2.60. The molecule has 1 aliphatic rings. The van der Waals surface area contributed by atoms with Gasteiger partial charge in [-0.3, -0.25) is 4.90 Å². The predicted octanol–water partition coefficient (Wildman–Crippen LogP) is 2.75. The molecular weight excluding hydrogens is 302 g/mol. The Bertz CT molecular complexity index is 723. The Morgan fingerprint density at radius 1 is 1.33 bits per heavy atom. The number of nitrogens with one attached hydrogen (secondary N) is 1. The number of nitrogens with two attached hydrogens (primary N) is 1. The molecule has 2 heterocycles. The van der Waals surface area contributed by atoms with Crippen LogP contribution in [0.3, 0.4) is 0 Å². The first-order valence-corrected chi connectivity index (χ1v) is 8.13. The van der Waals surface area contributed by atoms with E-state index >= 15 is 0 Å². The van der Waals surface area contributed by atoms with Crippen LogP contribution in [0, 0.1) is 0 Å². The zero-order chi connectivity index (χ0) is 16.9. The van der Waals surface area contributed by atoms with Gasteiger partial charge in [0.1, 0.15) is 11.6 Å². The molecule has 126 valence electrons. The molecule has 0 aliphatic carbocycles. The lowest BCUT2D eigenvalue weighted by atomic mass is 10.1. The van der Waals surface area contributed by atoms with E-state index in [-0.39, 0.29) is 12.1 Å². The molecule has 2 aromatic rings. The second-order valence-electron chi connectivity index (χ2n) is 5.72. The Morgan fingerprint density at radius 2 is 2.12 bits per heavy atom. The molecule has 1 aromatic carbocycles. The van der Waals surface area contributed by atoms with Crippen LogP contribution in [0.1, 0.15) is 13.3 Å². The molecule has 0 saturated carbocycles. The van der Waals surface area contributed by atoms with Gasteiger partial charge in [-0.05, 0) is 24.1 Å². The molecule has 0 amide bonds. The zero-order valence-electron chi connectivity index (χ0n) is 14.1. The minimum absolute atomic E-state index is 0.193. The summed E-state index contributed by atoms with van der Waals surface area (Å²) < 4.78 is 5.32. The van der Waals surface area contributed by atoms with Crippen molar-refractivity contribution in [2.24, 2.45) is 0 Å². The lowest BCUT2D eigenvalue weighted by Crippen LogP contribution is -2.39. The van der Waals surface area contributed by atoms with E-state index in [2.05, 4.69) is 39.3 Å². The molecule has 0 bridgehead atoms. The average Bonchev–Trinajstić information content (AvgIpc) is 3.14. The number of ether oxygens (including phenoxy) is 1. The number of methoxy groups -OCH3 is 1. The van der Waals surface area contributed by atoms with Gasteiger partial charge in [0, 0.05) is 24.8 Å². The summed E-state index contributed by atoms with van der Waals surface area (Å²) in [6.07, 6.45) is 7.28. The SMILES string of the molecule is CCC(Nc1nc(N)ncc1-c1cccc(OC)c1)N1CC=CC1. The van der Waals surface area contributed by atoms with E-state index in [1.54, 1.807) is 13.3 Å². The zero-order valence-corrected chi connectivity index (χ0v) is 14.1. The van der Waals surface area contributed by atoms with E-state index in [1.165, 1.54) is 0 Å². The van der Waals surface area contributed by atoms with Crippen molar-refractivity contribution in [3.05, 3.63) is 42.6 Å². The highest BCUT2D eigenvalue weighted by molar-refractivity contribution is 5.76. The maximum atomic E-state index is 5.82. The number of anilines is 2. The second kappa shape index (κ2) is 7.31. The predicted molar refractivity (Wildman–Crippen MR) is 96.8 cm³/mol. The third kappa shape index (κ3) is 3.49. The van der Waals surface area contributed by atoms with Crippen LogP contribution >= 0.6 is 0 Å². The molecule has 3 rings (SSSR count). The molecule has 1 aliphatic heterocycles. The Labute approximate surface area is 142 Å². The maximum Gasteiger partial charge on any atom is 0.221 e. The first-order valence-electron chi connectivity index (χ1n) is 8.13. The van der Waals surface area contributed by atoms with E-state index in [0.717, 1.165) is 42.2 Å². The smallest absolute Gasteiger partial charge is 0.221 e. The molecular formula is C18H23N5O. The fourth-order valence-corrected chi connectivity index (χ4v) is 2.87. The van der Waals surface area contributed by atoms with Crippen molar-refractivity contribution in [3.8, 4) is 16.9 Å². The summed E-state index contributed by atoms with van der Waals surface area (Å²) in [5, 5.41) is 3.53. The summed E-state index contributed by atoms with van der Waals surface area (Å²) in [7, 11) is 1.66. The summed E-state index contributed by atoms with van der Waals surface area (Å²) in [4.78, 5) is 10.9. The van der Waals surface area contributed by atoms with Gasteiger partial charge in [0.2, 0.25) is 5.95 Å². The van der Waals surface area contributed by atoms with Crippen LogP contribution in [0.2, 0.25) is 0 Å². The highest BCUT2D eigenvalue weighted by atomic mass is 16.5. The Morgan fingerprint density at radius 3 is 2.83 bits per heavy atom. The summed E-state index contributed by atoms with van der Waals surface area (Å²) in [6, 6.07) is 7.86. The molecule has 6 heteroatoms. The summed E-state index contributed by atoms with van der Waals surface area (Å²) in [5.74, 6) is 1.80. The number of aromatic nitrogens is 2. The van der Waals surface area contributed by atoms with Crippen molar-refractivity contribution < 1.29 is 4.74 Å². The fraction of sp³-hybridized carbons (Fsp3) is 0.333. The van der Waals surface area contributed by atoms with E-state index in [9.17, 15) is 0 Å². The fourth-order valence-electron chi connectivity index (χ4n) is 2.87.